The van der Waals surface area contributed by atoms with E-state index in [0.29, 0.717) is 11.8 Å². The summed E-state index contributed by atoms with van der Waals surface area (Å²) in [7, 11) is 2.03. The van der Waals surface area contributed by atoms with E-state index in [9.17, 15) is 0 Å². The van der Waals surface area contributed by atoms with E-state index in [1.165, 1.54) is 11.1 Å². The summed E-state index contributed by atoms with van der Waals surface area (Å²) in [4.78, 5) is 4.36. The minimum absolute atomic E-state index is 0.407. The number of alkyl halides is 1. The van der Waals surface area contributed by atoms with Gasteiger partial charge in [-0.05, 0) is 30.4 Å². The molecule has 1 heterocycles. The highest BCUT2D eigenvalue weighted by molar-refractivity contribution is 6.18. The van der Waals surface area contributed by atoms with Gasteiger partial charge < -0.3 is 4.57 Å². The predicted molar refractivity (Wildman–Crippen MR) is 76.2 cm³/mol. The lowest BCUT2D eigenvalue weighted by molar-refractivity contribution is 0.643. The van der Waals surface area contributed by atoms with Crippen molar-refractivity contribution < 1.29 is 0 Å². The van der Waals surface area contributed by atoms with Crippen molar-refractivity contribution in [3.05, 3.63) is 53.6 Å². The Morgan fingerprint density at radius 2 is 2.11 bits per heavy atom. The Hall–Kier alpha value is -1.28. The summed E-state index contributed by atoms with van der Waals surface area (Å²) in [5.41, 5.74) is 2.68. The van der Waals surface area contributed by atoms with Gasteiger partial charge in [0, 0.05) is 31.7 Å². The van der Waals surface area contributed by atoms with Gasteiger partial charge in [0.15, 0.2) is 0 Å². The normalized spacial score (nSPS) is 12.6. The van der Waals surface area contributed by atoms with Crippen molar-refractivity contribution in [2.75, 3.05) is 5.88 Å². The Morgan fingerprint density at radius 1 is 1.33 bits per heavy atom. The minimum Gasteiger partial charge on any atom is -0.338 e. The minimum atomic E-state index is 0.407. The number of aryl methyl sites for hydroxylation is 3. The van der Waals surface area contributed by atoms with Crippen molar-refractivity contribution >= 4 is 11.6 Å². The lowest BCUT2D eigenvalue weighted by Crippen LogP contribution is -2.07. The Morgan fingerprint density at radius 3 is 2.72 bits per heavy atom. The van der Waals surface area contributed by atoms with Crippen molar-refractivity contribution in [3.8, 4) is 0 Å². The van der Waals surface area contributed by atoms with E-state index in [1.807, 2.05) is 19.4 Å². The fraction of sp³-hybridized carbons (Fsp3) is 0.400. The van der Waals surface area contributed by atoms with E-state index in [-0.39, 0.29) is 0 Å². The first-order valence-corrected chi connectivity index (χ1v) is 6.83. The topological polar surface area (TPSA) is 17.8 Å². The molecule has 96 valence electrons. The third kappa shape index (κ3) is 2.94. The van der Waals surface area contributed by atoms with E-state index in [1.54, 1.807) is 0 Å². The largest absolute Gasteiger partial charge is 0.338 e. The van der Waals surface area contributed by atoms with E-state index < -0.39 is 0 Å². The molecule has 1 aromatic carbocycles. The highest BCUT2D eigenvalue weighted by atomic mass is 35.5. The first kappa shape index (κ1) is 13.2. The summed E-state index contributed by atoms with van der Waals surface area (Å²) in [6, 6.07) is 8.49. The second-order valence-electron chi connectivity index (χ2n) is 4.70. The maximum Gasteiger partial charge on any atom is 0.108 e. The first-order valence-electron chi connectivity index (χ1n) is 6.30. The second-order valence-corrected chi connectivity index (χ2v) is 5.01. The van der Waals surface area contributed by atoms with Crippen molar-refractivity contribution in [2.24, 2.45) is 7.05 Å². The van der Waals surface area contributed by atoms with Crippen LogP contribution in [0.4, 0.5) is 0 Å². The highest BCUT2D eigenvalue weighted by Gasteiger charge is 2.13. The number of rotatable bonds is 5. The number of nitrogens with zero attached hydrogens (tertiary/aromatic N) is 2. The summed E-state index contributed by atoms with van der Waals surface area (Å²) < 4.78 is 2.07. The van der Waals surface area contributed by atoms with Gasteiger partial charge in [-0.25, -0.2) is 4.98 Å². The van der Waals surface area contributed by atoms with Crippen LogP contribution in [0.15, 0.2) is 36.7 Å². The molecule has 2 aromatic rings. The number of benzene rings is 1. The molecule has 0 amide bonds. The van der Waals surface area contributed by atoms with Crippen LogP contribution in [0.25, 0.3) is 0 Å². The molecule has 0 spiro atoms. The predicted octanol–water partition coefficient (Wildman–Crippen LogP) is 3.68. The molecule has 1 aromatic heterocycles. The fourth-order valence-corrected chi connectivity index (χ4v) is 2.62. The Balaban J connectivity index is 2.07. The molecular formula is C15H19ClN2. The number of hydrogen-bond donors (Lipinski definition) is 0. The smallest absolute Gasteiger partial charge is 0.108 e. The van der Waals surface area contributed by atoms with Crippen LogP contribution in [-0.2, 0) is 13.5 Å². The number of hydrogen-bond acceptors (Lipinski definition) is 1. The van der Waals surface area contributed by atoms with Crippen LogP contribution in [0.2, 0.25) is 0 Å². The standard InChI is InChI=1S/C15H19ClN2/c1-12-5-3-4-6-14(12)13(11-16)7-8-15-17-9-10-18(15)2/h3-6,9-10,13H,7-8,11H2,1-2H3. The molecule has 0 aliphatic heterocycles. The van der Waals surface area contributed by atoms with Gasteiger partial charge in [-0.1, -0.05) is 24.3 Å². The lowest BCUT2D eigenvalue weighted by Gasteiger charge is -2.16. The second kappa shape index (κ2) is 6.05. The van der Waals surface area contributed by atoms with Gasteiger partial charge in [-0.3, -0.25) is 0 Å². The average molecular weight is 263 g/mol. The van der Waals surface area contributed by atoms with Crippen molar-refractivity contribution in [1.82, 2.24) is 9.55 Å². The van der Waals surface area contributed by atoms with Crippen LogP contribution in [0.5, 0.6) is 0 Å². The lowest BCUT2D eigenvalue weighted by atomic mass is 9.92. The number of aromatic nitrogens is 2. The summed E-state index contributed by atoms with van der Waals surface area (Å²) in [6.45, 7) is 2.15. The van der Waals surface area contributed by atoms with Crippen LogP contribution in [0.1, 0.15) is 29.3 Å². The van der Waals surface area contributed by atoms with Crippen LogP contribution in [0.3, 0.4) is 0 Å². The molecule has 1 unspecified atom stereocenters. The van der Waals surface area contributed by atoms with E-state index in [2.05, 4.69) is 40.7 Å². The zero-order valence-corrected chi connectivity index (χ0v) is 11.7. The van der Waals surface area contributed by atoms with Gasteiger partial charge in [-0.2, -0.15) is 0 Å². The first-order chi connectivity index (χ1) is 8.72. The van der Waals surface area contributed by atoms with Gasteiger partial charge in [0.2, 0.25) is 0 Å². The van der Waals surface area contributed by atoms with Crippen LogP contribution < -0.4 is 0 Å². The molecule has 0 radical (unpaired) electrons. The van der Waals surface area contributed by atoms with Gasteiger partial charge in [-0.15, -0.1) is 11.6 Å². The van der Waals surface area contributed by atoms with Crippen LogP contribution in [0, 0.1) is 6.92 Å². The van der Waals surface area contributed by atoms with E-state index in [4.69, 9.17) is 11.6 Å². The van der Waals surface area contributed by atoms with Gasteiger partial charge >= 0.3 is 0 Å². The van der Waals surface area contributed by atoms with E-state index >= 15 is 0 Å². The zero-order chi connectivity index (χ0) is 13.0. The molecule has 0 bridgehead atoms. The van der Waals surface area contributed by atoms with Crippen molar-refractivity contribution in [3.63, 3.8) is 0 Å². The van der Waals surface area contributed by atoms with Crippen molar-refractivity contribution in [2.45, 2.75) is 25.7 Å². The molecule has 0 saturated carbocycles. The monoisotopic (exact) mass is 262 g/mol. The molecule has 0 aliphatic rings. The fourth-order valence-electron chi connectivity index (χ4n) is 2.30. The number of imidazole rings is 1. The SMILES string of the molecule is Cc1ccccc1C(CCl)CCc1nccn1C. The van der Waals surface area contributed by atoms with Crippen molar-refractivity contribution in [1.29, 1.82) is 0 Å². The molecule has 3 heteroatoms. The Bertz CT molecular complexity index is 505. The zero-order valence-electron chi connectivity index (χ0n) is 10.9. The summed E-state index contributed by atoms with van der Waals surface area (Å²) in [5.74, 6) is 2.19. The van der Waals surface area contributed by atoms with Gasteiger partial charge in [0.05, 0.1) is 0 Å². The molecule has 0 saturated heterocycles. The van der Waals surface area contributed by atoms with E-state index in [0.717, 1.165) is 18.7 Å². The molecular weight excluding hydrogens is 244 g/mol. The van der Waals surface area contributed by atoms with Crippen LogP contribution >= 0.6 is 11.6 Å². The van der Waals surface area contributed by atoms with Gasteiger partial charge in [0.25, 0.3) is 0 Å². The van der Waals surface area contributed by atoms with Gasteiger partial charge in [0.1, 0.15) is 5.82 Å². The summed E-state index contributed by atoms with van der Waals surface area (Å²) >= 11 is 6.13. The molecule has 0 N–H and O–H groups in total. The highest BCUT2D eigenvalue weighted by Crippen LogP contribution is 2.25. The Kier molecular flexibility index (Phi) is 4.43. The molecule has 2 rings (SSSR count). The summed E-state index contributed by atoms with van der Waals surface area (Å²) in [5, 5.41) is 0. The number of halogens is 1. The summed E-state index contributed by atoms with van der Waals surface area (Å²) in [6.07, 6.45) is 5.84. The Labute approximate surface area is 114 Å². The average Bonchev–Trinajstić information content (AvgIpc) is 2.78. The molecule has 0 aliphatic carbocycles. The quantitative estimate of drug-likeness (QED) is 0.752. The molecule has 1 atom stereocenters. The van der Waals surface area contributed by atoms with Crippen LogP contribution in [-0.4, -0.2) is 15.4 Å². The third-order valence-electron chi connectivity index (χ3n) is 3.45. The maximum atomic E-state index is 6.13. The molecule has 2 nitrogen and oxygen atoms in total. The third-order valence-corrected chi connectivity index (χ3v) is 3.82. The maximum absolute atomic E-state index is 6.13. The molecule has 0 fully saturated rings. The molecule has 18 heavy (non-hydrogen) atoms.